The molecule has 0 aliphatic heterocycles. The number of aromatic nitrogens is 1. The van der Waals surface area contributed by atoms with Crippen molar-refractivity contribution in [3.8, 4) is 0 Å². The maximum absolute atomic E-state index is 12.6. The van der Waals surface area contributed by atoms with E-state index in [0.29, 0.717) is 52.6 Å². The van der Waals surface area contributed by atoms with E-state index in [2.05, 4.69) is 31.5 Å². The fourth-order valence-electron chi connectivity index (χ4n) is 3.74. The van der Waals surface area contributed by atoms with Crippen LogP contribution in [0.15, 0.2) is 52.6 Å². The van der Waals surface area contributed by atoms with Gasteiger partial charge in [-0.1, -0.05) is 18.2 Å². The molecule has 0 saturated carbocycles. The Kier molecular flexibility index (Phi) is 18.0. The molecular formula is C29H42N6O10S. The Labute approximate surface area is 268 Å². The number of carboxylic acids is 1. The third-order valence-electron chi connectivity index (χ3n) is 6.12. The molecule has 46 heavy (non-hydrogen) atoms. The molecule has 1 heterocycles. The first-order chi connectivity index (χ1) is 22.1. The third-order valence-corrected chi connectivity index (χ3v) is 7.04. The third kappa shape index (κ3) is 15.8. The normalized spacial score (nSPS) is 12.1. The van der Waals surface area contributed by atoms with Gasteiger partial charge in [-0.3, -0.25) is 19.6 Å². The van der Waals surface area contributed by atoms with Crippen LogP contribution in [-0.2, 0) is 33.9 Å². The number of aliphatic carboxylic acids is 1. The molecule has 254 valence electrons. The van der Waals surface area contributed by atoms with Crippen molar-refractivity contribution in [3.05, 3.63) is 53.7 Å². The standard InChI is InChI=1S/C29H42N6O10S/c1-30-12-4-14-43-16-18-45-19-17-44-15-5-13-31-27(36)11-9-24(29(38)39)34-28(37)23-8-10-26(32-20-23)35-33-21-22-6-2-3-7-25(22)46(40,41)42/h2-3,6-8,10,20-21,24,30H,4-5,9,11-19H2,1H3,(H,31,36)(H,32,35)(H,34,37)(H,38,39)(H,40,41,42)/b33-21+. The number of carbonyl (C=O) groups is 3. The number of ether oxygens (including phenoxy) is 3. The molecular weight excluding hydrogens is 624 g/mol. The Morgan fingerprint density at radius 2 is 1.61 bits per heavy atom. The number of benzene rings is 1. The minimum atomic E-state index is -4.44. The second-order valence-corrected chi connectivity index (χ2v) is 11.1. The molecule has 2 aromatic rings. The van der Waals surface area contributed by atoms with E-state index < -0.39 is 28.0 Å². The SMILES string of the molecule is CNCCCOCCOCCOCCCNC(=O)CCC(NC(=O)c1ccc(N/N=C/c2ccccc2S(=O)(=O)O)nc1)C(=O)O. The summed E-state index contributed by atoms with van der Waals surface area (Å²) >= 11 is 0. The fourth-order valence-corrected chi connectivity index (χ4v) is 4.41. The predicted molar refractivity (Wildman–Crippen MR) is 168 cm³/mol. The number of hydrazone groups is 1. The minimum Gasteiger partial charge on any atom is -0.480 e. The molecule has 2 rings (SSSR count). The fraction of sp³-hybridized carbons (Fsp3) is 0.483. The Morgan fingerprint density at radius 1 is 0.957 bits per heavy atom. The van der Waals surface area contributed by atoms with Gasteiger partial charge in [-0.05, 0) is 51.1 Å². The quantitative estimate of drug-likeness (QED) is 0.0397. The number of amides is 2. The van der Waals surface area contributed by atoms with Gasteiger partial charge in [-0.2, -0.15) is 13.5 Å². The van der Waals surface area contributed by atoms with Gasteiger partial charge in [0, 0.05) is 37.9 Å². The molecule has 0 spiro atoms. The molecule has 0 radical (unpaired) electrons. The van der Waals surface area contributed by atoms with Crippen LogP contribution in [0.25, 0.3) is 0 Å². The zero-order chi connectivity index (χ0) is 33.6. The average Bonchev–Trinajstić information content (AvgIpc) is 3.03. The molecule has 0 aliphatic carbocycles. The van der Waals surface area contributed by atoms with Crippen LogP contribution in [0.2, 0.25) is 0 Å². The van der Waals surface area contributed by atoms with Gasteiger partial charge >= 0.3 is 5.97 Å². The highest BCUT2D eigenvalue weighted by molar-refractivity contribution is 7.86. The van der Waals surface area contributed by atoms with Crippen molar-refractivity contribution in [2.24, 2.45) is 5.10 Å². The van der Waals surface area contributed by atoms with Crippen molar-refractivity contribution in [2.45, 2.75) is 36.6 Å². The maximum atomic E-state index is 12.6. The summed E-state index contributed by atoms with van der Waals surface area (Å²) in [4.78, 5) is 40.1. The van der Waals surface area contributed by atoms with Gasteiger partial charge in [0.25, 0.3) is 16.0 Å². The molecule has 1 unspecified atom stereocenters. The van der Waals surface area contributed by atoms with Crippen molar-refractivity contribution >= 4 is 39.9 Å². The van der Waals surface area contributed by atoms with E-state index in [-0.39, 0.29) is 40.6 Å². The summed E-state index contributed by atoms with van der Waals surface area (Å²) < 4.78 is 48.5. The highest BCUT2D eigenvalue weighted by Gasteiger charge is 2.22. The zero-order valence-electron chi connectivity index (χ0n) is 25.6. The zero-order valence-corrected chi connectivity index (χ0v) is 26.5. The second-order valence-electron chi connectivity index (χ2n) is 9.72. The molecule has 16 nitrogen and oxygen atoms in total. The number of nitrogens with zero attached hydrogens (tertiary/aromatic N) is 2. The molecule has 0 bridgehead atoms. The predicted octanol–water partition coefficient (Wildman–Crippen LogP) is 0.903. The van der Waals surface area contributed by atoms with Gasteiger partial charge in [0.2, 0.25) is 5.91 Å². The van der Waals surface area contributed by atoms with Crippen LogP contribution < -0.4 is 21.4 Å². The maximum Gasteiger partial charge on any atom is 0.326 e. The molecule has 0 fully saturated rings. The first-order valence-electron chi connectivity index (χ1n) is 14.6. The lowest BCUT2D eigenvalue weighted by molar-refractivity contribution is -0.139. The smallest absolute Gasteiger partial charge is 0.326 e. The van der Waals surface area contributed by atoms with Crippen molar-refractivity contribution < 1.29 is 46.7 Å². The summed E-state index contributed by atoms with van der Waals surface area (Å²) in [5.41, 5.74) is 2.78. The number of hydrogen-bond donors (Lipinski definition) is 6. The average molecular weight is 667 g/mol. The molecule has 17 heteroatoms. The number of carboxylic acid groups (broad SMARTS) is 1. The Bertz CT molecular complexity index is 1360. The van der Waals surface area contributed by atoms with Crippen LogP contribution in [0.1, 0.15) is 41.6 Å². The lowest BCUT2D eigenvalue weighted by Gasteiger charge is -2.14. The van der Waals surface area contributed by atoms with Gasteiger partial charge in [0.05, 0.1) is 38.2 Å². The van der Waals surface area contributed by atoms with Crippen molar-refractivity contribution in [1.82, 2.24) is 20.9 Å². The van der Waals surface area contributed by atoms with Crippen molar-refractivity contribution in [1.29, 1.82) is 0 Å². The molecule has 0 aliphatic rings. The highest BCUT2D eigenvalue weighted by Crippen LogP contribution is 2.13. The summed E-state index contributed by atoms with van der Waals surface area (Å²) in [5.74, 6) is -2.13. The minimum absolute atomic E-state index is 0.0702. The van der Waals surface area contributed by atoms with E-state index in [4.69, 9.17) is 14.2 Å². The van der Waals surface area contributed by atoms with Crippen LogP contribution in [0, 0.1) is 0 Å². The summed E-state index contributed by atoms with van der Waals surface area (Å²) in [7, 11) is -2.54. The summed E-state index contributed by atoms with van der Waals surface area (Å²) in [5, 5.41) is 21.5. The molecule has 6 N–H and O–H groups in total. The number of pyridine rings is 1. The molecule has 1 aromatic carbocycles. The van der Waals surface area contributed by atoms with E-state index in [1.54, 1.807) is 6.07 Å². The van der Waals surface area contributed by atoms with Gasteiger partial charge in [-0.15, -0.1) is 0 Å². The first kappa shape index (κ1) is 38.2. The Morgan fingerprint density at radius 3 is 2.22 bits per heavy atom. The first-order valence-corrected chi connectivity index (χ1v) is 16.1. The van der Waals surface area contributed by atoms with E-state index >= 15 is 0 Å². The van der Waals surface area contributed by atoms with E-state index in [9.17, 15) is 32.5 Å². The summed E-state index contributed by atoms with van der Waals surface area (Å²) in [6.45, 7) is 4.27. The van der Waals surface area contributed by atoms with Crippen LogP contribution in [0.3, 0.4) is 0 Å². The van der Waals surface area contributed by atoms with E-state index in [0.717, 1.165) is 13.0 Å². The van der Waals surface area contributed by atoms with Crippen molar-refractivity contribution in [3.63, 3.8) is 0 Å². The van der Waals surface area contributed by atoms with Crippen LogP contribution in [0.5, 0.6) is 0 Å². The molecule has 0 saturated heterocycles. The number of anilines is 1. The highest BCUT2D eigenvalue weighted by atomic mass is 32.2. The lowest BCUT2D eigenvalue weighted by atomic mass is 10.1. The van der Waals surface area contributed by atoms with Crippen molar-refractivity contribution in [2.75, 3.05) is 65.2 Å². The molecule has 2 amide bonds. The number of carbonyl (C=O) groups excluding carboxylic acids is 2. The Balaban J connectivity index is 1.64. The van der Waals surface area contributed by atoms with Gasteiger partial charge in [-0.25, -0.2) is 9.78 Å². The Hall–Kier alpha value is -4.00. The van der Waals surface area contributed by atoms with Crippen LogP contribution in [0.4, 0.5) is 5.82 Å². The second kappa shape index (κ2) is 21.7. The van der Waals surface area contributed by atoms with Gasteiger partial charge < -0.3 is 35.3 Å². The topological polar surface area (TPSA) is 227 Å². The molecule has 1 aromatic heterocycles. The van der Waals surface area contributed by atoms with E-state index in [1.807, 2.05) is 7.05 Å². The lowest BCUT2D eigenvalue weighted by Crippen LogP contribution is -2.41. The number of rotatable bonds is 24. The monoisotopic (exact) mass is 666 g/mol. The van der Waals surface area contributed by atoms with Crippen LogP contribution in [-0.4, -0.2) is 113 Å². The summed E-state index contributed by atoms with van der Waals surface area (Å²) in [6.07, 6.45) is 3.66. The van der Waals surface area contributed by atoms with Gasteiger partial charge in [0.1, 0.15) is 16.8 Å². The largest absolute Gasteiger partial charge is 0.480 e. The van der Waals surface area contributed by atoms with Crippen LogP contribution >= 0.6 is 0 Å². The number of nitrogens with one attached hydrogen (secondary N) is 4. The van der Waals surface area contributed by atoms with E-state index in [1.165, 1.54) is 42.7 Å². The molecule has 1 atom stereocenters. The summed E-state index contributed by atoms with van der Waals surface area (Å²) in [6, 6.07) is 7.18. The number of hydrogen-bond acceptors (Lipinski definition) is 12. The van der Waals surface area contributed by atoms with Gasteiger partial charge in [0.15, 0.2) is 0 Å².